The molecule has 0 unspecified atom stereocenters. The molecule has 0 N–H and O–H groups in total. The number of carbonyl (C=O) groups is 1. The van der Waals surface area contributed by atoms with Gasteiger partial charge in [-0.3, -0.25) is 14.6 Å². The fourth-order valence-corrected chi connectivity index (χ4v) is 5.18. The van der Waals surface area contributed by atoms with Crippen molar-refractivity contribution < 1.29 is 9.18 Å². The molecular weight excluding hydrogens is 437 g/mol. The van der Waals surface area contributed by atoms with Gasteiger partial charge in [0, 0.05) is 50.9 Å². The van der Waals surface area contributed by atoms with Crippen LogP contribution in [0.1, 0.15) is 53.9 Å². The second-order valence-electron chi connectivity index (χ2n) is 9.36. The molecule has 184 valence electrons. The lowest BCUT2D eigenvalue weighted by Crippen LogP contribution is -2.52. The van der Waals surface area contributed by atoms with Gasteiger partial charge in [0.05, 0.1) is 6.04 Å². The summed E-state index contributed by atoms with van der Waals surface area (Å²) < 4.78 is 13.7. The first-order valence-corrected chi connectivity index (χ1v) is 12.7. The predicted molar refractivity (Wildman–Crippen MR) is 140 cm³/mol. The molecule has 0 bridgehead atoms. The van der Waals surface area contributed by atoms with Crippen molar-refractivity contribution in [2.75, 3.05) is 32.7 Å². The number of benzene rings is 3. The summed E-state index contributed by atoms with van der Waals surface area (Å²) in [6.45, 7) is 11.2. The Kier molecular flexibility index (Phi) is 8.32. The minimum absolute atomic E-state index is 0.0807. The Labute approximate surface area is 209 Å². The van der Waals surface area contributed by atoms with E-state index >= 15 is 0 Å². The molecule has 0 radical (unpaired) electrons. The largest absolute Gasteiger partial charge is 0.339 e. The van der Waals surface area contributed by atoms with Crippen LogP contribution in [0.4, 0.5) is 4.39 Å². The third-order valence-corrected chi connectivity index (χ3v) is 7.03. The van der Waals surface area contributed by atoms with Gasteiger partial charge in [0.1, 0.15) is 5.82 Å². The zero-order valence-electron chi connectivity index (χ0n) is 21.0. The molecule has 1 saturated heterocycles. The Hall–Kier alpha value is -3.02. The van der Waals surface area contributed by atoms with Gasteiger partial charge in [-0.15, -0.1) is 0 Å². The molecule has 3 aromatic carbocycles. The van der Waals surface area contributed by atoms with Crippen molar-refractivity contribution in [3.05, 3.63) is 107 Å². The first-order chi connectivity index (χ1) is 17.0. The maximum atomic E-state index is 13.7. The maximum absolute atomic E-state index is 13.7. The van der Waals surface area contributed by atoms with E-state index in [0.29, 0.717) is 19.1 Å². The highest BCUT2D eigenvalue weighted by Gasteiger charge is 2.31. The maximum Gasteiger partial charge on any atom is 0.253 e. The minimum Gasteiger partial charge on any atom is -0.339 e. The molecule has 5 heteroatoms. The number of piperazine rings is 1. The van der Waals surface area contributed by atoms with Gasteiger partial charge in [0.25, 0.3) is 5.91 Å². The summed E-state index contributed by atoms with van der Waals surface area (Å²) in [6.07, 6.45) is 0. The van der Waals surface area contributed by atoms with E-state index in [1.165, 1.54) is 17.2 Å². The van der Waals surface area contributed by atoms with E-state index in [1.54, 1.807) is 12.1 Å². The van der Waals surface area contributed by atoms with Crippen molar-refractivity contribution >= 4 is 5.91 Å². The van der Waals surface area contributed by atoms with Crippen LogP contribution in [0.5, 0.6) is 0 Å². The van der Waals surface area contributed by atoms with Gasteiger partial charge in [-0.25, -0.2) is 4.39 Å². The van der Waals surface area contributed by atoms with E-state index in [1.807, 2.05) is 43.0 Å². The monoisotopic (exact) mass is 473 g/mol. The number of rotatable bonds is 8. The zero-order valence-corrected chi connectivity index (χ0v) is 21.0. The van der Waals surface area contributed by atoms with E-state index in [2.05, 4.69) is 53.1 Å². The summed E-state index contributed by atoms with van der Waals surface area (Å²) in [7, 11) is 0. The number of hydrogen-bond donors (Lipinski definition) is 0. The van der Waals surface area contributed by atoms with Gasteiger partial charge in [-0.05, 0) is 61.7 Å². The molecule has 1 heterocycles. The molecule has 0 saturated carbocycles. The second-order valence-corrected chi connectivity index (χ2v) is 9.36. The third-order valence-electron chi connectivity index (χ3n) is 7.03. The first kappa shape index (κ1) is 25.1. The van der Waals surface area contributed by atoms with Crippen LogP contribution < -0.4 is 0 Å². The third kappa shape index (κ3) is 5.98. The summed E-state index contributed by atoms with van der Waals surface area (Å²) in [6, 6.07) is 26.1. The van der Waals surface area contributed by atoms with Crippen LogP contribution in [-0.2, 0) is 6.54 Å². The van der Waals surface area contributed by atoms with Crippen molar-refractivity contribution in [3.8, 4) is 0 Å². The Morgan fingerprint density at radius 2 is 1.63 bits per heavy atom. The van der Waals surface area contributed by atoms with Crippen molar-refractivity contribution in [1.29, 1.82) is 0 Å². The summed E-state index contributed by atoms with van der Waals surface area (Å²) in [5.74, 6) is -0.0987. The molecule has 1 aliphatic rings. The Morgan fingerprint density at radius 1 is 0.943 bits per heavy atom. The molecule has 0 aromatic heterocycles. The van der Waals surface area contributed by atoms with E-state index in [-0.39, 0.29) is 17.8 Å². The van der Waals surface area contributed by atoms with E-state index in [9.17, 15) is 9.18 Å². The normalized spacial score (nSPS) is 17.8. The molecule has 4 nitrogen and oxygen atoms in total. The van der Waals surface area contributed by atoms with Crippen LogP contribution in [0.3, 0.4) is 0 Å². The van der Waals surface area contributed by atoms with Crippen LogP contribution in [0.25, 0.3) is 0 Å². The van der Waals surface area contributed by atoms with Crippen LogP contribution in [0.15, 0.2) is 78.9 Å². The Morgan fingerprint density at radius 3 is 2.26 bits per heavy atom. The lowest BCUT2D eigenvalue weighted by molar-refractivity contribution is 0.0568. The van der Waals surface area contributed by atoms with Crippen molar-refractivity contribution in [3.63, 3.8) is 0 Å². The molecule has 1 aliphatic heterocycles. The highest BCUT2D eigenvalue weighted by Crippen LogP contribution is 2.32. The summed E-state index contributed by atoms with van der Waals surface area (Å²) >= 11 is 0. The standard InChI is InChI=1S/C30H36FN3O/c1-4-33(5-2)30(35)27-16-14-26(15-17-27)29(25-11-7-6-8-12-25)34-19-18-32(21-23(34)3)22-24-10-9-13-28(31)20-24/h6-17,20,23,29H,4-5,18-19,21-22H2,1-3H3/t23-,29-/m0/s1. The SMILES string of the molecule is CCN(CC)C(=O)c1ccc([C@H](c2ccccc2)N2CCN(Cc3cccc(F)c3)C[C@@H]2C)cc1. The second kappa shape index (κ2) is 11.6. The van der Waals surface area contributed by atoms with Gasteiger partial charge >= 0.3 is 0 Å². The highest BCUT2D eigenvalue weighted by molar-refractivity contribution is 5.94. The fraction of sp³-hybridized carbons (Fsp3) is 0.367. The quantitative estimate of drug-likeness (QED) is 0.426. The van der Waals surface area contributed by atoms with Gasteiger partial charge < -0.3 is 4.90 Å². The van der Waals surface area contributed by atoms with Crippen LogP contribution in [0.2, 0.25) is 0 Å². The molecular formula is C30H36FN3O. The topological polar surface area (TPSA) is 26.8 Å². The van der Waals surface area contributed by atoms with Gasteiger partial charge in [0.15, 0.2) is 0 Å². The zero-order chi connectivity index (χ0) is 24.8. The smallest absolute Gasteiger partial charge is 0.253 e. The molecule has 35 heavy (non-hydrogen) atoms. The fourth-order valence-electron chi connectivity index (χ4n) is 5.18. The predicted octanol–water partition coefficient (Wildman–Crippen LogP) is 5.60. The van der Waals surface area contributed by atoms with Gasteiger partial charge in [-0.1, -0.05) is 54.6 Å². The van der Waals surface area contributed by atoms with E-state index in [0.717, 1.165) is 37.3 Å². The molecule has 1 fully saturated rings. The van der Waals surface area contributed by atoms with Crippen molar-refractivity contribution in [2.24, 2.45) is 0 Å². The summed E-state index contributed by atoms with van der Waals surface area (Å²) in [5, 5.41) is 0. The molecule has 2 atom stereocenters. The first-order valence-electron chi connectivity index (χ1n) is 12.7. The average molecular weight is 474 g/mol. The molecule has 3 aromatic rings. The Bertz CT molecular complexity index is 1100. The number of amides is 1. The minimum atomic E-state index is -0.179. The van der Waals surface area contributed by atoms with Crippen LogP contribution in [0, 0.1) is 5.82 Å². The number of nitrogens with zero attached hydrogens (tertiary/aromatic N) is 3. The van der Waals surface area contributed by atoms with E-state index < -0.39 is 0 Å². The lowest BCUT2D eigenvalue weighted by atomic mass is 9.94. The van der Waals surface area contributed by atoms with Crippen LogP contribution >= 0.6 is 0 Å². The van der Waals surface area contributed by atoms with Gasteiger partial charge in [0.2, 0.25) is 0 Å². The molecule has 1 amide bonds. The summed E-state index contributed by atoms with van der Waals surface area (Å²) in [4.78, 5) is 19.6. The molecule has 0 aliphatic carbocycles. The van der Waals surface area contributed by atoms with Crippen molar-refractivity contribution in [1.82, 2.24) is 14.7 Å². The van der Waals surface area contributed by atoms with Crippen LogP contribution in [-0.4, -0.2) is 59.4 Å². The lowest BCUT2D eigenvalue weighted by Gasteiger charge is -2.44. The number of carbonyl (C=O) groups excluding carboxylic acids is 1. The number of halogens is 1. The highest BCUT2D eigenvalue weighted by atomic mass is 19.1. The Balaban J connectivity index is 1.54. The summed E-state index contributed by atoms with van der Waals surface area (Å²) in [5.41, 5.74) is 4.19. The number of hydrogen-bond acceptors (Lipinski definition) is 3. The van der Waals surface area contributed by atoms with Crippen molar-refractivity contribution in [2.45, 2.75) is 39.4 Å². The van der Waals surface area contributed by atoms with Gasteiger partial charge in [-0.2, -0.15) is 0 Å². The average Bonchev–Trinajstić information content (AvgIpc) is 2.87. The molecule has 0 spiro atoms. The van der Waals surface area contributed by atoms with E-state index in [4.69, 9.17) is 0 Å². The molecule has 4 rings (SSSR count).